The number of benzene rings is 3. The summed E-state index contributed by atoms with van der Waals surface area (Å²) in [6, 6.07) is 11.2. The Labute approximate surface area is 324 Å². The van der Waals surface area contributed by atoms with Gasteiger partial charge < -0.3 is 39.5 Å². The number of fused-ring (bicyclic) bond motifs is 6. The molecule has 0 spiro atoms. The molecule has 5 heterocycles. The Morgan fingerprint density at radius 3 is 2.51 bits per heavy atom. The number of carboxylic acid groups (broad SMARTS) is 1. The molecule has 2 saturated heterocycles. The number of nitrogens with one attached hydrogen (secondary N) is 3. The van der Waals surface area contributed by atoms with Gasteiger partial charge in [-0.15, -0.1) is 0 Å². The first-order chi connectivity index (χ1) is 27.2. The molecule has 0 bridgehead atoms. The molecular formula is C40H42F3N7O7. The van der Waals surface area contributed by atoms with Gasteiger partial charge in [-0.05, 0) is 65.1 Å². The number of imidazole rings is 2. The van der Waals surface area contributed by atoms with Crippen molar-refractivity contribution in [1.29, 1.82) is 0 Å². The number of methoxy groups -OCH3 is 2. The van der Waals surface area contributed by atoms with Crippen molar-refractivity contribution in [3.05, 3.63) is 65.9 Å². The molecular weight excluding hydrogens is 747 g/mol. The summed E-state index contributed by atoms with van der Waals surface area (Å²) in [6.45, 7) is 3.91. The number of halogens is 3. The average molecular weight is 790 g/mol. The zero-order valence-electron chi connectivity index (χ0n) is 31.6. The van der Waals surface area contributed by atoms with Crippen LogP contribution in [0.15, 0.2) is 48.7 Å². The van der Waals surface area contributed by atoms with Crippen LogP contribution in [0, 0.1) is 17.8 Å². The van der Waals surface area contributed by atoms with E-state index in [1.165, 1.54) is 4.90 Å². The third-order valence-corrected chi connectivity index (χ3v) is 11.4. The third-order valence-electron chi connectivity index (χ3n) is 11.4. The Morgan fingerprint density at radius 1 is 1.00 bits per heavy atom. The third kappa shape index (κ3) is 6.97. The number of ether oxygens (including phenoxy) is 3. The molecule has 0 radical (unpaired) electrons. The Kier molecular flexibility index (Phi) is 9.74. The number of likely N-dealkylation sites (tertiary alicyclic amines) is 2. The van der Waals surface area contributed by atoms with Gasteiger partial charge in [-0.25, -0.2) is 19.6 Å². The first-order valence-corrected chi connectivity index (χ1v) is 18.7. The van der Waals surface area contributed by atoms with Crippen LogP contribution >= 0.6 is 0 Å². The molecule has 14 nitrogen and oxygen atoms in total. The predicted octanol–water partition coefficient (Wildman–Crippen LogP) is 7.19. The molecule has 2 fully saturated rings. The molecule has 5 aromatic rings. The minimum atomic E-state index is -4.53. The van der Waals surface area contributed by atoms with Crippen LogP contribution in [-0.4, -0.2) is 99.1 Å². The van der Waals surface area contributed by atoms with Crippen molar-refractivity contribution in [2.75, 3.05) is 33.9 Å². The van der Waals surface area contributed by atoms with Gasteiger partial charge in [-0.1, -0.05) is 32.0 Å². The number of amides is 3. The first kappa shape index (κ1) is 38.1. The van der Waals surface area contributed by atoms with Crippen LogP contribution in [0.4, 0.5) is 22.8 Å². The maximum absolute atomic E-state index is 14.0. The van der Waals surface area contributed by atoms with Crippen molar-refractivity contribution >= 4 is 39.9 Å². The minimum absolute atomic E-state index is 0.0672. The lowest BCUT2D eigenvalue weighted by molar-refractivity contribution is -0.171. The van der Waals surface area contributed by atoms with Crippen LogP contribution in [0.2, 0.25) is 0 Å². The highest BCUT2D eigenvalue weighted by Crippen LogP contribution is 2.45. The summed E-state index contributed by atoms with van der Waals surface area (Å²) < 4.78 is 58.4. The van der Waals surface area contributed by atoms with Crippen molar-refractivity contribution < 1.29 is 46.9 Å². The number of aromatic nitrogens is 4. The van der Waals surface area contributed by atoms with Crippen molar-refractivity contribution in [3.8, 4) is 28.1 Å². The topological polar surface area (TPSA) is 175 Å². The SMILES string of the molecule is COC[C@H]1C[C@@H](c2nc3ccc4cc5c(cc4c3[nH]2)OCc2cc(-c3cnc([C@@H]4C[C@H](C(F)(F)F)CN4C(=O)C(NC(=O)OC)C(C)C)[nH]3)ccc2-5)N(C(=O)O)C1. The molecule has 3 amide bonds. The highest BCUT2D eigenvalue weighted by atomic mass is 19.4. The molecule has 17 heteroatoms. The van der Waals surface area contributed by atoms with E-state index in [2.05, 4.69) is 25.0 Å². The molecule has 57 heavy (non-hydrogen) atoms. The fourth-order valence-corrected chi connectivity index (χ4v) is 8.49. The van der Waals surface area contributed by atoms with E-state index in [1.54, 1.807) is 27.2 Å². The Bertz CT molecular complexity index is 2380. The summed E-state index contributed by atoms with van der Waals surface area (Å²) in [7, 11) is 2.76. The van der Waals surface area contributed by atoms with Crippen LogP contribution in [0.3, 0.4) is 0 Å². The first-order valence-electron chi connectivity index (χ1n) is 18.7. The number of alkyl halides is 3. The van der Waals surface area contributed by atoms with E-state index in [0.29, 0.717) is 36.8 Å². The molecule has 0 saturated carbocycles. The average Bonchev–Trinajstić information content (AvgIpc) is 4.00. The number of carbonyl (C=O) groups is 3. The van der Waals surface area contributed by atoms with Crippen LogP contribution in [-0.2, 0) is 20.9 Å². The Hall–Kier alpha value is -5.84. The number of alkyl carbamates (subject to hydrolysis) is 1. The van der Waals surface area contributed by atoms with E-state index in [4.69, 9.17) is 14.5 Å². The van der Waals surface area contributed by atoms with Gasteiger partial charge >= 0.3 is 18.4 Å². The van der Waals surface area contributed by atoms with E-state index >= 15 is 0 Å². The summed E-state index contributed by atoms with van der Waals surface area (Å²) >= 11 is 0. The van der Waals surface area contributed by atoms with Gasteiger partial charge in [0, 0.05) is 37.1 Å². The smallest absolute Gasteiger partial charge is 0.407 e. The number of hydrogen-bond acceptors (Lipinski definition) is 8. The van der Waals surface area contributed by atoms with Gasteiger partial charge in [0.05, 0.1) is 54.6 Å². The number of carbonyl (C=O) groups excluding carboxylic acids is 2. The van der Waals surface area contributed by atoms with E-state index in [1.807, 2.05) is 42.5 Å². The van der Waals surface area contributed by atoms with Gasteiger partial charge in [0.15, 0.2) is 0 Å². The zero-order chi connectivity index (χ0) is 40.3. The maximum atomic E-state index is 14.0. The highest BCUT2D eigenvalue weighted by molar-refractivity contribution is 6.07. The lowest BCUT2D eigenvalue weighted by atomic mass is 9.92. The quantitative estimate of drug-likeness (QED) is 0.127. The van der Waals surface area contributed by atoms with E-state index in [9.17, 15) is 32.7 Å². The fourth-order valence-electron chi connectivity index (χ4n) is 8.49. The van der Waals surface area contributed by atoms with Crippen molar-refractivity contribution in [3.63, 3.8) is 0 Å². The minimum Gasteiger partial charge on any atom is -0.488 e. The van der Waals surface area contributed by atoms with E-state index in [-0.39, 0.29) is 24.8 Å². The molecule has 8 rings (SSSR count). The standard InChI is InChI=1S/C40H42F3N7O7/c1-19(2)33(48-38(52)56-4)37(51)49-16-24(40(41,42)43)12-31(49)35-44-14-29(46-35)22-5-7-25-23(10-22)18-57-32-13-26-21(11-27(25)32)6-8-28-34(26)47-36(45-28)30-9-20(17-55-3)15-50(30)39(53)54/h5-8,10-11,13-14,19-20,24,30-31,33H,9,12,15-18H2,1-4H3,(H,44,46)(H,45,47)(H,48,52)(H,53,54)/t20-,24-,30-,31-,33?/m0/s1. The summed E-state index contributed by atoms with van der Waals surface area (Å²) in [6.07, 6.45) is -4.63. The molecule has 0 aliphatic carbocycles. The van der Waals surface area contributed by atoms with Crippen LogP contribution < -0.4 is 10.1 Å². The van der Waals surface area contributed by atoms with Crippen molar-refractivity contribution in [1.82, 2.24) is 35.1 Å². The monoisotopic (exact) mass is 789 g/mol. The van der Waals surface area contributed by atoms with Gasteiger partial charge in [-0.2, -0.15) is 13.2 Å². The number of H-pyrrole nitrogens is 2. The lowest BCUT2D eigenvalue weighted by Gasteiger charge is -2.30. The summed E-state index contributed by atoms with van der Waals surface area (Å²) in [4.78, 5) is 56.2. The van der Waals surface area contributed by atoms with Crippen molar-refractivity contribution in [2.45, 2.75) is 57.6 Å². The van der Waals surface area contributed by atoms with Gasteiger partial charge in [0.1, 0.15) is 30.0 Å². The lowest BCUT2D eigenvalue weighted by Crippen LogP contribution is -2.51. The molecule has 2 aromatic heterocycles. The predicted molar refractivity (Wildman–Crippen MR) is 201 cm³/mol. The maximum Gasteiger partial charge on any atom is 0.407 e. The number of hydrogen-bond donors (Lipinski definition) is 4. The second-order valence-electron chi connectivity index (χ2n) is 15.3. The molecule has 4 N–H and O–H groups in total. The van der Waals surface area contributed by atoms with E-state index in [0.717, 1.165) is 56.1 Å². The fraction of sp³-hybridized carbons (Fsp3) is 0.425. The van der Waals surface area contributed by atoms with Crippen LogP contribution in [0.5, 0.6) is 5.75 Å². The van der Waals surface area contributed by atoms with Gasteiger partial charge in [0.2, 0.25) is 5.91 Å². The molecule has 3 aromatic carbocycles. The summed E-state index contributed by atoms with van der Waals surface area (Å²) in [5, 5.41) is 14.2. The zero-order valence-corrected chi connectivity index (χ0v) is 31.6. The molecule has 3 aliphatic rings. The Morgan fingerprint density at radius 2 is 1.79 bits per heavy atom. The summed E-state index contributed by atoms with van der Waals surface area (Å²) in [5.74, 6) is -1.29. The molecule has 300 valence electrons. The van der Waals surface area contributed by atoms with E-state index < -0.39 is 60.8 Å². The van der Waals surface area contributed by atoms with Gasteiger partial charge in [0.25, 0.3) is 0 Å². The molecule has 5 atom stereocenters. The largest absolute Gasteiger partial charge is 0.488 e. The van der Waals surface area contributed by atoms with Gasteiger partial charge in [-0.3, -0.25) is 9.69 Å². The number of rotatable bonds is 8. The molecule has 1 unspecified atom stereocenters. The normalized spacial score (nSPS) is 21.1. The molecule has 3 aliphatic heterocycles. The van der Waals surface area contributed by atoms with Crippen molar-refractivity contribution in [2.24, 2.45) is 17.8 Å². The Balaban J connectivity index is 1.07. The van der Waals surface area contributed by atoms with Crippen LogP contribution in [0.1, 0.15) is 56.0 Å². The summed E-state index contributed by atoms with van der Waals surface area (Å²) in [5.41, 5.74) is 5.53. The number of nitrogens with zero attached hydrogens (tertiary/aromatic N) is 4. The van der Waals surface area contributed by atoms with Crippen LogP contribution in [0.25, 0.3) is 44.2 Å². The second-order valence-corrected chi connectivity index (χ2v) is 15.3. The second kappa shape index (κ2) is 14.6. The highest BCUT2D eigenvalue weighted by Gasteiger charge is 2.51. The number of aromatic amines is 2.